The van der Waals surface area contributed by atoms with Gasteiger partial charge in [-0.3, -0.25) is 4.79 Å². The molecular weight excluding hydrogens is 544 g/mol. The molecule has 0 aliphatic heterocycles. The summed E-state index contributed by atoms with van der Waals surface area (Å²) in [6.07, 6.45) is 44.0. The second kappa shape index (κ2) is 38.3. The van der Waals surface area contributed by atoms with E-state index in [-0.39, 0.29) is 12.6 Å². The monoisotopic (exact) mass is 623 g/mol. The molecule has 0 rings (SSSR count). The number of hydrogen-bond donors (Lipinski definition) is 1. The van der Waals surface area contributed by atoms with Crippen molar-refractivity contribution in [2.45, 2.75) is 219 Å². The topological polar surface area (TPSA) is 55.8 Å². The van der Waals surface area contributed by atoms with E-state index < -0.39 is 6.10 Å². The van der Waals surface area contributed by atoms with E-state index in [9.17, 15) is 9.90 Å². The molecule has 0 spiro atoms. The standard InChI is InChI=1S/C40H78O4/c1-3-5-7-9-11-13-15-17-18-19-20-21-22-24-26-28-30-32-34-36-43-38-39(37-41)44-40(42)35-33-31-29-27-25-23-16-14-12-10-8-6-4-2/h14,16,39,41H,3-13,15,17-38H2,1-2H3/b16-14-. The van der Waals surface area contributed by atoms with Crippen LogP contribution in [0.15, 0.2) is 12.2 Å². The Labute approximate surface area is 275 Å². The van der Waals surface area contributed by atoms with Crippen LogP contribution in [0.25, 0.3) is 0 Å². The Bertz CT molecular complexity index is 576. The van der Waals surface area contributed by atoms with E-state index in [1.165, 1.54) is 173 Å². The van der Waals surface area contributed by atoms with Gasteiger partial charge < -0.3 is 14.6 Å². The summed E-state index contributed by atoms with van der Waals surface area (Å²) < 4.78 is 11.1. The van der Waals surface area contributed by atoms with E-state index in [4.69, 9.17) is 9.47 Å². The van der Waals surface area contributed by atoms with Gasteiger partial charge in [0.1, 0.15) is 6.10 Å². The summed E-state index contributed by atoms with van der Waals surface area (Å²) in [5.74, 6) is -0.206. The van der Waals surface area contributed by atoms with Crippen LogP contribution in [0.1, 0.15) is 213 Å². The van der Waals surface area contributed by atoms with E-state index in [0.29, 0.717) is 19.6 Å². The molecule has 0 saturated heterocycles. The van der Waals surface area contributed by atoms with Crippen molar-refractivity contribution in [2.75, 3.05) is 19.8 Å². The number of esters is 1. The van der Waals surface area contributed by atoms with Crippen molar-refractivity contribution in [1.82, 2.24) is 0 Å². The summed E-state index contributed by atoms with van der Waals surface area (Å²) in [6.45, 7) is 5.36. The Morgan fingerprint density at radius 1 is 0.523 bits per heavy atom. The molecule has 1 N–H and O–H groups in total. The molecule has 262 valence electrons. The van der Waals surface area contributed by atoms with E-state index in [2.05, 4.69) is 26.0 Å². The van der Waals surface area contributed by atoms with E-state index in [0.717, 1.165) is 19.3 Å². The second-order valence-electron chi connectivity index (χ2n) is 13.4. The number of aliphatic hydroxyl groups is 1. The average molecular weight is 623 g/mol. The molecular formula is C40H78O4. The van der Waals surface area contributed by atoms with Crippen LogP contribution < -0.4 is 0 Å². The molecule has 0 amide bonds. The fourth-order valence-corrected chi connectivity index (χ4v) is 5.85. The van der Waals surface area contributed by atoms with Crippen molar-refractivity contribution in [3.05, 3.63) is 12.2 Å². The van der Waals surface area contributed by atoms with Crippen LogP contribution in [-0.2, 0) is 14.3 Å². The molecule has 0 aromatic carbocycles. The first-order valence-corrected chi connectivity index (χ1v) is 19.8. The van der Waals surface area contributed by atoms with Crippen molar-refractivity contribution in [2.24, 2.45) is 0 Å². The number of allylic oxidation sites excluding steroid dienone is 2. The normalized spacial score (nSPS) is 12.3. The van der Waals surface area contributed by atoms with E-state index >= 15 is 0 Å². The smallest absolute Gasteiger partial charge is 0.306 e. The molecule has 0 aromatic rings. The number of ether oxygens (including phenoxy) is 2. The minimum Gasteiger partial charge on any atom is -0.457 e. The van der Waals surface area contributed by atoms with Gasteiger partial charge >= 0.3 is 5.97 Å². The van der Waals surface area contributed by atoms with Crippen LogP contribution in [0, 0.1) is 0 Å². The predicted octanol–water partition coefficient (Wildman–Crippen LogP) is 12.6. The van der Waals surface area contributed by atoms with Gasteiger partial charge in [-0.2, -0.15) is 0 Å². The van der Waals surface area contributed by atoms with Gasteiger partial charge in [0.25, 0.3) is 0 Å². The molecule has 0 heterocycles. The Morgan fingerprint density at radius 2 is 0.886 bits per heavy atom. The minimum absolute atomic E-state index is 0.170. The van der Waals surface area contributed by atoms with Crippen molar-refractivity contribution < 1.29 is 19.4 Å². The van der Waals surface area contributed by atoms with Gasteiger partial charge in [-0.15, -0.1) is 0 Å². The summed E-state index contributed by atoms with van der Waals surface area (Å²) in [4.78, 5) is 12.1. The largest absolute Gasteiger partial charge is 0.457 e. The summed E-state index contributed by atoms with van der Waals surface area (Å²) >= 11 is 0. The van der Waals surface area contributed by atoms with Crippen molar-refractivity contribution in [3.63, 3.8) is 0 Å². The highest BCUT2D eigenvalue weighted by Crippen LogP contribution is 2.15. The molecule has 0 aliphatic rings. The maximum Gasteiger partial charge on any atom is 0.306 e. The lowest BCUT2D eigenvalue weighted by Crippen LogP contribution is -2.27. The average Bonchev–Trinajstić information content (AvgIpc) is 3.03. The van der Waals surface area contributed by atoms with Crippen LogP contribution in [0.3, 0.4) is 0 Å². The molecule has 4 nitrogen and oxygen atoms in total. The van der Waals surface area contributed by atoms with Gasteiger partial charge in [0.2, 0.25) is 0 Å². The molecule has 0 fully saturated rings. The Balaban J connectivity index is 3.38. The van der Waals surface area contributed by atoms with Crippen molar-refractivity contribution in [1.29, 1.82) is 0 Å². The van der Waals surface area contributed by atoms with Crippen LogP contribution >= 0.6 is 0 Å². The zero-order valence-corrected chi connectivity index (χ0v) is 29.9. The predicted molar refractivity (Wildman–Crippen MR) is 191 cm³/mol. The summed E-state index contributed by atoms with van der Waals surface area (Å²) in [6, 6.07) is 0. The number of rotatable bonds is 37. The summed E-state index contributed by atoms with van der Waals surface area (Å²) in [5, 5.41) is 9.56. The lowest BCUT2D eigenvalue weighted by molar-refractivity contribution is -0.154. The van der Waals surface area contributed by atoms with Crippen molar-refractivity contribution in [3.8, 4) is 0 Å². The van der Waals surface area contributed by atoms with Gasteiger partial charge in [-0.05, 0) is 38.5 Å². The summed E-state index contributed by atoms with van der Waals surface area (Å²) in [7, 11) is 0. The van der Waals surface area contributed by atoms with Crippen LogP contribution in [0.5, 0.6) is 0 Å². The van der Waals surface area contributed by atoms with Crippen LogP contribution in [0.2, 0.25) is 0 Å². The summed E-state index contributed by atoms with van der Waals surface area (Å²) in [5.41, 5.74) is 0. The van der Waals surface area contributed by atoms with E-state index in [1.807, 2.05) is 0 Å². The fourth-order valence-electron chi connectivity index (χ4n) is 5.85. The Hall–Kier alpha value is -0.870. The zero-order valence-electron chi connectivity index (χ0n) is 29.9. The van der Waals surface area contributed by atoms with Gasteiger partial charge in [0.05, 0.1) is 13.2 Å². The fraction of sp³-hybridized carbons (Fsp3) is 0.925. The molecule has 0 radical (unpaired) electrons. The van der Waals surface area contributed by atoms with E-state index in [1.54, 1.807) is 0 Å². The lowest BCUT2D eigenvalue weighted by atomic mass is 10.0. The third kappa shape index (κ3) is 35.6. The third-order valence-electron chi connectivity index (χ3n) is 8.84. The zero-order chi connectivity index (χ0) is 32.0. The van der Waals surface area contributed by atoms with Crippen molar-refractivity contribution >= 4 is 5.97 Å². The maximum absolute atomic E-state index is 12.1. The van der Waals surface area contributed by atoms with Gasteiger partial charge in [-0.25, -0.2) is 0 Å². The van der Waals surface area contributed by atoms with Gasteiger partial charge in [-0.1, -0.05) is 180 Å². The van der Waals surface area contributed by atoms with Crippen LogP contribution in [-0.4, -0.2) is 37.0 Å². The number of aliphatic hydroxyl groups excluding tert-OH is 1. The Morgan fingerprint density at radius 3 is 1.32 bits per heavy atom. The second-order valence-corrected chi connectivity index (χ2v) is 13.4. The number of unbranched alkanes of at least 4 members (excludes halogenated alkanes) is 27. The Kier molecular flexibility index (Phi) is 37.6. The highest BCUT2D eigenvalue weighted by atomic mass is 16.6. The molecule has 1 atom stereocenters. The first-order valence-electron chi connectivity index (χ1n) is 19.8. The minimum atomic E-state index is -0.531. The van der Waals surface area contributed by atoms with Gasteiger partial charge in [0, 0.05) is 13.0 Å². The van der Waals surface area contributed by atoms with Crippen LogP contribution in [0.4, 0.5) is 0 Å². The molecule has 0 aliphatic carbocycles. The SMILES string of the molecule is CCCCCC/C=C\CCCCCCCC(=O)OC(CO)COCCCCCCCCCCCCCCCCCCCCC. The lowest BCUT2D eigenvalue weighted by Gasteiger charge is -2.15. The number of carbonyl (C=O) groups excluding carboxylic acids is 1. The quantitative estimate of drug-likeness (QED) is 0.0425. The number of carbonyl (C=O) groups is 1. The maximum atomic E-state index is 12.1. The highest BCUT2D eigenvalue weighted by Gasteiger charge is 2.13. The third-order valence-corrected chi connectivity index (χ3v) is 8.84. The molecule has 0 aromatic heterocycles. The molecule has 4 heteroatoms. The first kappa shape index (κ1) is 43.1. The number of hydrogen-bond acceptors (Lipinski definition) is 4. The van der Waals surface area contributed by atoms with Gasteiger partial charge in [0.15, 0.2) is 0 Å². The molecule has 44 heavy (non-hydrogen) atoms. The molecule has 0 bridgehead atoms. The first-order chi connectivity index (χ1) is 21.7. The molecule has 0 saturated carbocycles. The molecule has 1 unspecified atom stereocenters. The highest BCUT2D eigenvalue weighted by molar-refractivity contribution is 5.69.